The lowest BCUT2D eigenvalue weighted by molar-refractivity contribution is 0.0954. The van der Waals surface area contributed by atoms with E-state index in [0.717, 1.165) is 18.6 Å². The minimum absolute atomic E-state index is 0.0187. The van der Waals surface area contributed by atoms with Crippen molar-refractivity contribution >= 4 is 10.0 Å². The first-order chi connectivity index (χ1) is 12.4. The first-order valence-electron chi connectivity index (χ1n) is 9.09. The van der Waals surface area contributed by atoms with Gasteiger partial charge < -0.3 is 9.30 Å². The number of ether oxygens (including phenoxy) is 1. The molecule has 0 radical (unpaired) electrons. The van der Waals surface area contributed by atoms with E-state index in [4.69, 9.17) is 4.74 Å². The average molecular weight is 376 g/mol. The number of rotatable bonds is 5. The second-order valence-electron chi connectivity index (χ2n) is 7.37. The van der Waals surface area contributed by atoms with Crippen LogP contribution in [0.2, 0.25) is 0 Å². The third-order valence-electron chi connectivity index (χ3n) is 5.29. The summed E-state index contributed by atoms with van der Waals surface area (Å²) in [5, 5.41) is 0.150. The maximum absolute atomic E-state index is 13.1. The first-order valence-corrected chi connectivity index (χ1v) is 10.5. The summed E-state index contributed by atoms with van der Waals surface area (Å²) >= 11 is 0. The molecule has 2 fully saturated rings. The Kier molecular flexibility index (Phi) is 4.48. The van der Waals surface area contributed by atoms with E-state index in [2.05, 4.69) is 9.97 Å². The van der Waals surface area contributed by atoms with Crippen LogP contribution in [0.5, 0.6) is 5.75 Å². The van der Waals surface area contributed by atoms with E-state index in [1.54, 1.807) is 29.2 Å². The minimum atomic E-state index is -3.57. The van der Waals surface area contributed by atoms with Gasteiger partial charge in [-0.1, -0.05) is 0 Å². The van der Waals surface area contributed by atoms with Crippen molar-refractivity contribution in [2.45, 2.75) is 68.8 Å². The predicted molar refractivity (Wildman–Crippen MR) is 96.3 cm³/mol. The van der Waals surface area contributed by atoms with E-state index >= 15 is 0 Å². The molecule has 0 N–H and O–H groups in total. The van der Waals surface area contributed by atoms with Gasteiger partial charge in [-0.3, -0.25) is 4.98 Å². The Balaban J connectivity index is 1.52. The van der Waals surface area contributed by atoms with Crippen molar-refractivity contribution in [3.63, 3.8) is 0 Å². The van der Waals surface area contributed by atoms with Gasteiger partial charge in [-0.05, 0) is 38.8 Å². The molecule has 0 saturated carbocycles. The molecule has 0 aliphatic carbocycles. The van der Waals surface area contributed by atoms with Crippen molar-refractivity contribution in [1.82, 2.24) is 18.8 Å². The van der Waals surface area contributed by atoms with Crippen LogP contribution in [0.4, 0.5) is 0 Å². The fourth-order valence-corrected chi connectivity index (χ4v) is 5.84. The SMILES string of the molecule is CC(C)n1cnc(S(=O)(=O)N2C3CCC2CC(Oc2ccncc2)C3)c1. The standard InChI is InChI=1S/C18H24N4O3S/c1-13(2)21-11-18(20-12-21)26(23,24)22-14-3-4-15(22)10-17(9-14)25-16-5-7-19-8-6-16/h5-8,11-15,17H,3-4,9-10H2,1-2H3. The molecule has 7 nitrogen and oxygen atoms in total. The highest BCUT2D eigenvalue weighted by Crippen LogP contribution is 2.40. The van der Waals surface area contributed by atoms with Crippen LogP contribution in [0.3, 0.4) is 0 Å². The third kappa shape index (κ3) is 3.12. The number of fused-ring (bicyclic) bond motifs is 2. The molecule has 0 spiro atoms. The molecule has 140 valence electrons. The molecule has 2 unspecified atom stereocenters. The smallest absolute Gasteiger partial charge is 0.262 e. The van der Waals surface area contributed by atoms with E-state index in [-0.39, 0.29) is 29.3 Å². The van der Waals surface area contributed by atoms with Crippen molar-refractivity contribution in [1.29, 1.82) is 0 Å². The number of nitrogens with zero attached hydrogens (tertiary/aromatic N) is 4. The Hall–Kier alpha value is -1.93. The van der Waals surface area contributed by atoms with Crippen LogP contribution >= 0.6 is 0 Å². The van der Waals surface area contributed by atoms with E-state index in [0.29, 0.717) is 12.8 Å². The van der Waals surface area contributed by atoms with Gasteiger partial charge in [0.1, 0.15) is 11.9 Å². The summed E-state index contributed by atoms with van der Waals surface area (Å²) in [5.74, 6) is 0.788. The largest absolute Gasteiger partial charge is 0.490 e. The highest BCUT2D eigenvalue weighted by molar-refractivity contribution is 7.89. The van der Waals surface area contributed by atoms with Gasteiger partial charge in [0.15, 0.2) is 5.03 Å². The van der Waals surface area contributed by atoms with Gasteiger partial charge in [0, 0.05) is 49.6 Å². The van der Waals surface area contributed by atoms with E-state index < -0.39 is 10.0 Å². The normalized spacial score (nSPS) is 26.3. The summed E-state index contributed by atoms with van der Waals surface area (Å²) in [6.07, 6.45) is 9.86. The van der Waals surface area contributed by atoms with Crippen LogP contribution in [0.25, 0.3) is 0 Å². The van der Waals surface area contributed by atoms with E-state index in [1.165, 1.54) is 0 Å². The second kappa shape index (κ2) is 6.66. The van der Waals surface area contributed by atoms with Crippen molar-refractivity contribution < 1.29 is 13.2 Å². The molecule has 0 aromatic carbocycles. The molecule has 2 aliphatic heterocycles. The molecule has 8 heteroatoms. The highest BCUT2D eigenvalue weighted by atomic mass is 32.2. The average Bonchev–Trinajstić information content (AvgIpc) is 3.21. The second-order valence-corrected chi connectivity index (χ2v) is 9.16. The molecule has 2 saturated heterocycles. The Morgan fingerprint density at radius 2 is 1.81 bits per heavy atom. The number of sulfonamides is 1. The number of imidazole rings is 1. The van der Waals surface area contributed by atoms with Crippen LogP contribution in [-0.2, 0) is 10.0 Å². The van der Waals surface area contributed by atoms with E-state index in [1.807, 2.05) is 30.5 Å². The topological polar surface area (TPSA) is 77.3 Å². The molecular weight excluding hydrogens is 352 g/mol. The fourth-order valence-electron chi connectivity index (χ4n) is 4.02. The van der Waals surface area contributed by atoms with Crippen molar-refractivity contribution in [2.24, 2.45) is 0 Å². The fraction of sp³-hybridized carbons (Fsp3) is 0.556. The summed E-state index contributed by atoms with van der Waals surface area (Å²) in [6, 6.07) is 3.82. The van der Waals surface area contributed by atoms with Crippen LogP contribution in [-0.4, -0.2) is 45.4 Å². The summed E-state index contributed by atoms with van der Waals surface area (Å²) < 4.78 is 35.9. The monoisotopic (exact) mass is 376 g/mol. The van der Waals surface area contributed by atoms with Crippen LogP contribution < -0.4 is 4.74 Å². The van der Waals surface area contributed by atoms with Gasteiger partial charge in [-0.15, -0.1) is 0 Å². The number of aromatic nitrogens is 3. The molecule has 26 heavy (non-hydrogen) atoms. The highest BCUT2D eigenvalue weighted by Gasteiger charge is 2.48. The molecule has 2 aromatic rings. The third-order valence-corrected chi connectivity index (χ3v) is 7.18. The zero-order valence-corrected chi connectivity index (χ0v) is 15.8. The summed E-state index contributed by atoms with van der Waals surface area (Å²) in [7, 11) is -3.57. The molecule has 2 aromatic heterocycles. The lowest BCUT2D eigenvalue weighted by Gasteiger charge is -2.37. The summed E-state index contributed by atoms with van der Waals surface area (Å²) in [4.78, 5) is 8.16. The maximum atomic E-state index is 13.1. The van der Waals surface area contributed by atoms with Crippen LogP contribution in [0.1, 0.15) is 45.6 Å². The van der Waals surface area contributed by atoms with Gasteiger partial charge in [0.05, 0.1) is 6.33 Å². The molecule has 0 amide bonds. The lowest BCUT2D eigenvalue weighted by Crippen LogP contribution is -2.49. The Labute approximate surface area is 154 Å². The number of hydrogen-bond donors (Lipinski definition) is 0. The quantitative estimate of drug-likeness (QED) is 0.802. The first kappa shape index (κ1) is 17.5. The molecule has 2 atom stereocenters. The zero-order chi connectivity index (χ0) is 18.3. The minimum Gasteiger partial charge on any atom is -0.490 e. The molecule has 4 rings (SSSR count). The predicted octanol–water partition coefficient (Wildman–Crippen LogP) is 2.62. The van der Waals surface area contributed by atoms with E-state index in [9.17, 15) is 8.42 Å². The zero-order valence-electron chi connectivity index (χ0n) is 15.0. The van der Waals surface area contributed by atoms with Crippen molar-refractivity contribution in [3.05, 3.63) is 37.1 Å². The van der Waals surface area contributed by atoms with Crippen molar-refractivity contribution in [3.8, 4) is 5.75 Å². The molecule has 4 heterocycles. The molecular formula is C18H24N4O3S. The van der Waals surface area contributed by atoms with Gasteiger partial charge in [-0.2, -0.15) is 4.31 Å². The summed E-state index contributed by atoms with van der Waals surface area (Å²) in [6.45, 7) is 4.01. The van der Waals surface area contributed by atoms with Gasteiger partial charge in [0.2, 0.25) is 0 Å². The Morgan fingerprint density at radius 1 is 1.15 bits per heavy atom. The van der Waals surface area contributed by atoms with Gasteiger partial charge >= 0.3 is 0 Å². The number of piperidine rings is 1. The van der Waals surface area contributed by atoms with Crippen LogP contribution in [0.15, 0.2) is 42.1 Å². The number of pyridine rings is 1. The maximum Gasteiger partial charge on any atom is 0.262 e. The van der Waals surface area contributed by atoms with Gasteiger partial charge in [0.25, 0.3) is 10.0 Å². The molecule has 2 aliphatic rings. The molecule has 2 bridgehead atoms. The Morgan fingerprint density at radius 3 is 2.38 bits per heavy atom. The Bertz CT molecular complexity index is 852. The number of hydrogen-bond acceptors (Lipinski definition) is 5. The lowest BCUT2D eigenvalue weighted by atomic mass is 10.0. The van der Waals surface area contributed by atoms with Crippen molar-refractivity contribution in [2.75, 3.05) is 0 Å². The van der Waals surface area contributed by atoms with Crippen LogP contribution in [0, 0.1) is 0 Å². The summed E-state index contributed by atoms with van der Waals surface area (Å²) in [5.41, 5.74) is 0. The van der Waals surface area contributed by atoms with Gasteiger partial charge in [-0.25, -0.2) is 13.4 Å².